The van der Waals surface area contributed by atoms with Crippen molar-refractivity contribution in [2.45, 2.75) is 18.8 Å². The van der Waals surface area contributed by atoms with Gasteiger partial charge in [-0.05, 0) is 6.42 Å². The van der Waals surface area contributed by atoms with E-state index in [1.165, 1.54) is 0 Å². The van der Waals surface area contributed by atoms with E-state index in [1.807, 2.05) is 6.92 Å². The van der Waals surface area contributed by atoms with E-state index in [-0.39, 0.29) is 5.50 Å². The number of hydrogen-bond acceptors (Lipinski definition) is 2. The van der Waals surface area contributed by atoms with E-state index in [0.717, 1.165) is 6.42 Å². The van der Waals surface area contributed by atoms with E-state index < -0.39 is 8.25 Å². The standard InChI is InChI=1S/C3H8ClN.HO3P/c1-2-3(4)5;1-4(2)3/h3H,2,5H2,1H3;(H-,1,2,3)/p+1. The molecule has 9 heavy (non-hydrogen) atoms. The summed E-state index contributed by atoms with van der Waals surface area (Å²) in [5, 5.41) is 0. The zero-order valence-corrected chi connectivity index (χ0v) is 6.64. The van der Waals surface area contributed by atoms with Gasteiger partial charge in [0.25, 0.3) is 0 Å². The van der Waals surface area contributed by atoms with Gasteiger partial charge >= 0.3 is 8.25 Å². The summed E-state index contributed by atoms with van der Waals surface area (Å²) in [4.78, 5) is 14.2. The highest BCUT2D eigenvalue weighted by molar-refractivity contribution is 7.30. The lowest BCUT2D eigenvalue weighted by Crippen LogP contribution is -2.08. The Balaban J connectivity index is 0. The first-order chi connectivity index (χ1) is 4.00. The van der Waals surface area contributed by atoms with Crippen LogP contribution in [0.1, 0.15) is 13.3 Å². The van der Waals surface area contributed by atoms with Crippen LogP contribution in [0, 0.1) is 0 Å². The first-order valence-corrected chi connectivity index (χ1v) is 3.85. The molecule has 0 bridgehead atoms. The molecule has 6 heteroatoms. The molecule has 1 unspecified atom stereocenters. The van der Waals surface area contributed by atoms with E-state index in [4.69, 9.17) is 31.7 Å². The minimum absolute atomic E-state index is 0.144. The number of alkyl halides is 1. The Bertz CT molecular complexity index is 75.5. The van der Waals surface area contributed by atoms with Crippen LogP contribution < -0.4 is 5.73 Å². The van der Waals surface area contributed by atoms with Crippen molar-refractivity contribution >= 4 is 19.9 Å². The Morgan fingerprint density at radius 1 is 1.78 bits per heavy atom. The molecule has 4 N–H and O–H groups in total. The average Bonchev–Trinajstić information content (AvgIpc) is 1.65. The van der Waals surface area contributed by atoms with Gasteiger partial charge < -0.3 is 5.73 Å². The van der Waals surface area contributed by atoms with Gasteiger partial charge in [0.1, 0.15) is 0 Å². The van der Waals surface area contributed by atoms with Crippen molar-refractivity contribution in [1.29, 1.82) is 0 Å². The van der Waals surface area contributed by atoms with Gasteiger partial charge in [-0.3, -0.25) is 0 Å². The second kappa shape index (κ2) is 8.27. The van der Waals surface area contributed by atoms with Crippen LogP contribution in [0.4, 0.5) is 0 Å². The first-order valence-electron chi connectivity index (χ1n) is 2.25. The highest BCUT2D eigenvalue weighted by Gasteiger charge is 1.93. The van der Waals surface area contributed by atoms with E-state index >= 15 is 0 Å². The molecule has 0 aromatic rings. The summed E-state index contributed by atoms with van der Waals surface area (Å²) in [6, 6.07) is 0. The smallest absolute Gasteiger partial charge is 0.315 e. The first kappa shape index (κ1) is 12.0. The van der Waals surface area contributed by atoms with Crippen LogP contribution in [0.15, 0.2) is 0 Å². The lowest BCUT2D eigenvalue weighted by atomic mass is 10.5. The van der Waals surface area contributed by atoms with Gasteiger partial charge in [-0.2, -0.15) is 0 Å². The maximum Gasteiger partial charge on any atom is 0.692 e. The maximum absolute atomic E-state index is 8.70. The van der Waals surface area contributed by atoms with Crippen LogP contribution in [0.25, 0.3) is 0 Å². The molecule has 56 valence electrons. The van der Waals surface area contributed by atoms with Crippen molar-refractivity contribution in [1.82, 2.24) is 0 Å². The van der Waals surface area contributed by atoms with Crippen LogP contribution in [0.2, 0.25) is 0 Å². The molecular formula is C3H10ClNO3P+. The third kappa shape index (κ3) is 63.1. The van der Waals surface area contributed by atoms with Gasteiger partial charge in [0.15, 0.2) is 0 Å². The summed E-state index contributed by atoms with van der Waals surface area (Å²) in [5.74, 6) is 0. The Hall–Kier alpha value is 0.270. The normalized spacial score (nSPS) is 11.2. The highest BCUT2D eigenvalue weighted by Crippen LogP contribution is 1.98. The number of halogens is 1. The predicted octanol–water partition coefficient (Wildman–Crippen LogP) is 0.548. The molecule has 4 nitrogen and oxygen atoms in total. The van der Waals surface area contributed by atoms with Crippen molar-refractivity contribution in [3.8, 4) is 0 Å². The maximum atomic E-state index is 8.70. The molecule has 0 aromatic heterocycles. The summed E-state index contributed by atoms with van der Waals surface area (Å²) in [5.41, 5.74) is 4.91. The van der Waals surface area contributed by atoms with Gasteiger partial charge in [0.2, 0.25) is 0 Å². The summed E-state index contributed by atoms with van der Waals surface area (Å²) >= 11 is 5.24. The van der Waals surface area contributed by atoms with Gasteiger partial charge in [-0.15, -0.1) is 21.4 Å². The summed E-state index contributed by atoms with van der Waals surface area (Å²) in [7, 11) is -2.87. The Kier molecular flexibility index (Phi) is 11.0. The van der Waals surface area contributed by atoms with Gasteiger partial charge in [-0.25, -0.2) is 0 Å². The van der Waals surface area contributed by atoms with Crippen LogP contribution in [-0.4, -0.2) is 15.3 Å². The molecule has 0 amide bonds. The quantitative estimate of drug-likeness (QED) is 0.308. The number of rotatable bonds is 1. The SMILES string of the molecule is CCC(N)Cl.O=[P+](O)O. The monoisotopic (exact) mass is 174 g/mol. The zero-order valence-electron chi connectivity index (χ0n) is 4.99. The topological polar surface area (TPSA) is 83.6 Å². The van der Waals surface area contributed by atoms with Crippen molar-refractivity contribution in [3.05, 3.63) is 0 Å². The molecule has 0 heterocycles. The fourth-order valence-electron chi connectivity index (χ4n) is 0. The van der Waals surface area contributed by atoms with Crippen LogP contribution in [0.5, 0.6) is 0 Å². The highest BCUT2D eigenvalue weighted by atomic mass is 35.5. The summed E-state index contributed by atoms with van der Waals surface area (Å²) in [6.45, 7) is 1.94. The van der Waals surface area contributed by atoms with E-state index in [9.17, 15) is 0 Å². The molecule has 1 atom stereocenters. The molecule has 0 aliphatic rings. The minimum atomic E-state index is -2.87. The van der Waals surface area contributed by atoms with E-state index in [1.54, 1.807) is 0 Å². The van der Waals surface area contributed by atoms with Crippen LogP contribution in [0.3, 0.4) is 0 Å². The molecule has 0 aliphatic carbocycles. The third-order valence-electron chi connectivity index (χ3n) is 0.390. The van der Waals surface area contributed by atoms with Crippen LogP contribution >= 0.6 is 19.9 Å². The van der Waals surface area contributed by atoms with Gasteiger partial charge in [0, 0.05) is 4.57 Å². The lowest BCUT2D eigenvalue weighted by molar-refractivity contribution is 0.405. The molecule has 0 rings (SSSR count). The Morgan fingerprint density at radius 3 is 1.89 bits per heavy atom. The second-order valence-electron chi connectivity index (χ2n) is 1.18. The second-order valence-corrected chi connectivity index (χ2v) is 2.24. The van der Waals surface area contributed by atoms with Crippen LogP contribution in [-0.2, 0) is 4.57 Å². The Labute approximate surface area is 59.6 Å². The van der Waals surface area contributed by atoms with Crippen molar-refractivity contribution in [3.63, 3.8) is 0 Å². The molecule has 0 aliphatic heterocycles. The number of nitrogens with two attached hydrogens (primary N) is 1. The third-order valence-corrected chi connectivity index (χ3v) is 0.699. The lowest BCUT2D eigenvalue weighted by Gasteiger charge is -1.88. The Morgan fingerprint density at radius 2 is 1.89 bits per heavy atom. The molecule has 0 saturated carbocycles. The average molecular weight is 175 g/mol. The number of hydrogen-bond donors (Lipinski definition) is 3. The summed E-state index contributed by atoms with van der Waals surface area (Å²) in [6.07, 6.45) is 0.849. The van der Waals surface area contributed by atoms with Gasteiger partial charge in [-0.1, -0.05) is 6.92 Å². The summed E-state index contributed by atoms with van der Waals surface area (Å²) < 4.78 is 8.70. The molecule has 0 saturated heterocycles. The largest absolute Gasteiger partial charge is 0.692 e. The minimum Gasteiger partial charge on any atom is -0.315 e. The predicted molar refractivity (Wildman–Crippen MR) is 36.2 cm³/mol. The van der Waals surface area contributed by atoms with E-state index in [0.29, 0.717) is 0 Å². The molecule has 0 radical (unpaired) electrons. The molecule has 0 aromatic carbocycles. The fourth-order valence-corrected chi connectivity index (χ4v) is 0. The van der Waals surface area contributed by atoms with Crippen molar-refractivity contribution in [2.24, 2.45) is 5.73 Å². The van der Waals surface area contributed by atoms with Gasteiger partial charge in [0.05, 0.1) is 5.50 Å². The van der Waals surface area contributed by atoms with Crippen molar-refractivity contribution < 1.29 is 14.4 Å². The van der Waals surface area contributed by atoms with E-state index in [2.05, 4.69) is 0 Å². The molecule has 0 fully saturated rings. The van der Waals surface area contributed by atoms with Crippen molar-refractivity contribution in [2.75, 3.05) is 0 Å². The molecular weight excluding hydrogens is 164 g/mol. The zero-order chi connectivity index (χ0) is 7.86. The molecule has 0 spiro atoms. The fraction of sp³-hybridized carbons (Fsp3) is 1.00.